The zero-order valence-electron chi connectivity index (χ0n) is 22.6. The van der Waals surface area contributed by atoms with Crippen molar-refractivity contribution >= 4 is 50.5 Å². The van der Waals surface area contributed by atoms with E-state index in [4.69, 9.17) is 39.5 Å². The summed E-state index contributed by atoms with van der Waals surface area (Å²) in [6, 6.07) is 11.7. The van der Waals surface area contributed by atoms with Crippen LogP contribution in [0.25, 0.3) is 0 Å². The fourth-order valence-corrected chi connectivity index (χ4v) is 6.58. The second-order valence-corrected chi connectivity index (χ2v) is 13.0. The summed E-state index contributed by atoms with van der Waals surface area (Å²) in [4.78, 5) is 12.1. The van der Waals surface area contributed by atoms with Gasteiger partial charge in [-0.25, -0.2) is 21.6 Å². The molecule has 0 saturated heterocycles. The molecule has 0 bridgehead atoms. The van der Waals surface area contributed by atoms with Gasteiger partial charge in [0.1, 0.15) is 17.4 Å². The van der Waals surface area contributed by atoms with Gasteiger partial charge in [-0.1, -0.05) is 53.0 Å². The van der Waals surface area contributed by atoms with Gasteiger partial charge in [-0.2, -0.15) is 0 Å². The minimum Gasteiger partial charge on any atom is -0.493 e. The van der Waals surface area contributed by atoms with E-state index in [1.165, 1.54) is 24.3 Å². The number of halogens is 6. The number of ether oxygens (including phenoxy) is 1. The van der Waals surface area contributed by atoms with Gasteiger partial charge in [-0.05, 0) is 74.0 Å². The van der Waals surface area contributed by atoms with Gasteiger partial charge in [-0.15, -0.1) is 0 Å². The van der Waals surface area contributed by atoms with E-state index in [-0.39, 0.29) is 38.7 Å². The zero-order valence-corrected chi connectivity index (χ0v) is 25.7. The van der Waals surface area contributed by atoms with Gasteiger partial charge < -0.3 is 10.1 Å². The summed E-state index contributed by atoms with van der Waals surface area (Å²) in [6.07, 6.45) is 2.72. The standard InChI is InChI=1S/C30H26Cl3F3N2O4S/c1-18(38-28-15-20(34)11-12-30(28,36)43(40,41)21-9-7-19(31)8-10-21)22-5-2-3-6-27(22)42-14-4-13-37-29(39)23-16-26(35)25(33)17-24(23)32/h2-3,5-12,15-18,28,38H,4,13-14H2,1H3,(H,37,39). The van der Waals surface area contributed by atoms with Crippen molar-refractivity contribution in [3.63, 3.8) is 0 Å². The molecule has 1 aliphatic carbocycles. The molecule has 228 valence electrons. The maximum absolute atomic E-state index is 16.4. The van der Waals surface area contributed by atoms with Crippen LogP contribution >= 0.6 is 34.8 Å². The first-order chi connectivity index (χ1) is 20.3. The highest BCUT2D eigenvalue weighted by Crippen LogP contribution is 2.38. The Balaban J connectivity index is 1.42. The first-order valence-electron chi connectivity index (χ1n) is 13.0. The van der Waals surface area contributed by atoms with Crippen molar-refractivity contribution in [2.75, 3.05) is 13.2 Å². The summed E-state index contributed by atoms with van der Waals surface area (Å²) < 4.78 is 77.1. The number of nitrogens with one attached hydrogen (secondary N) is 2. The van der Waals surface area contributed by atoms with Crippen LogP contribution in [0.2, 0.25) is 15.1 Å². The van der Waals surface area contributed by atoms with Gasteiger partial charge in [0.05, 0.1) is 33.2 Å². The largest absolute Gasteiger partial charge is 0.493 e. The molecule has 0 heterocycles. The van der Waals surface area contributed by atoms with Crippen LogP contribution in [-0.4, -0.2) is 38.5 Å². The number of rotatable bonds is 11. The first kappa shape index (κ1) is 32.9. The molecule has 6 nitrogen and oxygen atoms in total. The number of allylic oxidation sites excluding steroid dienone is 2. The van der Waals surface area contributed by atoms with Crippen molar-refractivity contribution in [1.82, 2.24) is 10.6 Å². The van der Waals surface area contributed by atoms with Gasteiger partial charge in [0, 0.05) is 23.2 Å². The molecule has 2 N–H and O–H groups in total. The van der Waals surface area contributed by atoms with E-state index in [1.54, 1.807) is 31.2 Å². The number of carbonyl (C=O) groups is 1. The Morgan fingerprint density at radius 1 is 1.05 bits per heavy atom. The molecule has 0 spiro atoms. The Morgan fingerprint density at radius 3 is 2.47 bits per heavy atom. The maximum atomic E-state index is 16.4. The van der Waals surface area contributed by atoms with Crippen LogP contribution in [0.4, 0.5) is 13.2 Å². The van der Waals surface area contributed by atoms with E-state index in [0.717, 1.165) is 24.3 Å². The highest BCUT2D eigenvalue weighted by atomic mass is 35.5. The number of benzene rings is 3. The van der Waals surface area contributed by atoms with E-state index < -0.39 is 44.5 Å². The van der Waals surface area contributed by atoms with Crippen LogP contribution in [0, 0.1) is 5.82 Å². The Hall–Kier alpha value is -3.02. The minimum absolute atomic E-state index is 0.0111. The molecule has 3 atom stereocenters. The third kappa shape index (κ3) is 7.38. The van der Waals surface area contributed by atoms with Gasteiger partial charge in [0.15, 0.2) is 0 Å². The summed E-state index contributed by atoms with van der Waals surface area (Å²) in [5, 5.41) is 2.61. The number of alkyl halides is 1. The molecule has 0 aromatic heterocycles. The molecular formula is C30H26Cl3F3N2O4S. The van der Waals surface area contributed by atoms with Crippen molar-refractivity contribution in [3.8, 4) is 5.75 Å². The number of para-hydroxylation sites is 1. The fourth-order valence-electron chi connectivity index (χ4n) is 4.41. The highest BCUT2D eigenvalue weighted by Gasteiger charge is 2.51. The Labute approximate surface area is 262 Å². The van der Waals surface area contributed by atoms with Crippen LogP contribution in [-0.2, 0) is 9.84 Å². The van der Waals surface area contributed by atoms with E-state index in [1.807, 2.05) is 0 Å². The summed E-state index contributed by atoms with van der Waals surface area (Å²) in [7, 11) is -4.63. The maximum Gasteiger partial charge on any atom is 0.252 e. The Bertz CT molecular complexity index is 1670. The number of hydrogen-bond donors (Lipinski definition) is 2. The van der Waals surface area contributed by atoms with Crippen LogP contribution in [0.15, 0.2) is 89.6 Å². The fraction of sp³-hybridized carbons (Fsp3) is 0.233. The number of amides is 1. The molecule has 4 rings (SSSR count). The zero-order chi connectivity index (χ0) is 31.4. The summed E-state index contributed by atoms with van der Waals surface area (Å²) in [5.74, 6) is -1.73. The van der Waals surface area contributed by atoms with Crippen molar-refractivity contribution < 1.29 is 31.1 Å². The van der Waals surface area contributed by atoms with Crippen LogP contribution < -0.4 is 15.4 Å². The second-order valence-electron chi connectivity index (χ2n) is 9.65. The molecule has 43 heavy (non-hydrogen) atoms. The predicted octanol–water partition coefficient (Wildman–Crippen LogP) is 7.57. The minimum atomic E-state index is -4.63. The van der Waals surface area contributed by atoms with Gasteiger partial charge in [-0.3, -0.25) is 10.1 Å². The third-order valence-corrected chi connectivity index (χ3v) is 9.65. The summed E-state index contributed by atoms with van der Waals surface area (Å²) in [5.41, 5.74) is 0.504. The second kappa shape index (κ2) is 13.7. The molecule has 1 aliphatic rings. The predicted molar refractivity (Wildman–Crippen MR) is 161 cm³/mol. The molecule has 3 aromatic carbocycles. The van der Waals surface area contributed by atoms with Crippen molar-refractivity contribution in [2.45, 2.75) is 35.3 Å². The Kier molecular flexibility index (Phi) is 10.5. The van der Waals surface area contributed by atoms with Crippen molar-refractivity contribution in [1.29, 1.82) is 0 Å². The lowest BCUT2D eigenvalue weighted by Gasteiger charge is -2.34. The smallest absolute Gasteiger partial charge is 0.252 e. The molecular weight excluding hydrogens is 648 g/mol. The molecule has 13 heteroatoms. The molecule has 0 aliphatic heterocycles. The van der Waals surface area contributed by atoms with E-state index >= 15 is 4.39 Å². The average molecular weight is 674 g/mol. The SMILES string of the molecule is CC(NC1C=C(F)C=CC1(F)S(=O)(=O)c1ccc(Cl)cc1)c1ccccc1OCCCNC(=O)c1cc(F)c(Cl)cc1Cl. The van der Waals surface area contributed by atoms with Crippen LogP contribution in [0.1, 0.15) is 35.3 Å². The molecule has 0 fully saturated rings. The summed E-state index contributed by atoms with van der Waals surface area (Å²) >= 11 is 17.5. The number of hydrogen-bond acceptors (Lipinski definition) is 5. The molecule has 0 saturated carbocycles. The molecule has 3 unspecified atom stereocenters. The van der Waals surface area contributed by atoms with Gasteiger partial charge >= 0.3 is 0 Å². The lowest BCUT2D eigenvalue weighted by Crippen LogP contribution is -2.52. The topological polar surface area (TPSA) is 84.5 Å². The number of carbonyl (C=O) groups excluding carboxylic acids is 1. The average Bonchev–Trinajstić information content (AvgIpc) is 2.97. The quantitative estimate of drug-likeness (QED) is 0.162. The number of sulfone groups is 1. The highest BCUT2D eigenvalue weighted by molar-refractivity contribution is 7.93. The Morgan fingerprint density at radius 2 is 1.74 bits per heavy atom. The van der Waals surface area contributed by atoms with Crippen molar-refractivity contribution in [3.05, 3.63) is 117 Å². The van der Waals surface area contributed by atoms with Crippen molar-refractivity contribution in [2.24, 2.45) is 0 Å². The van der Waals surface area contributed by atoms with Gasteiger partial charge in [0.25, 0.3) is 10.9 Å². The van der Waals surface area contributed by atoms with Crippen LogP contribution in [0.5, 0.6) is 5.75 Å². The third-order valence-electron chi connectivity index (χ3n) is 6.69. The van der Waals surface area contributed by atoms with Crippen LogP contribution in [0.3, 0.4) is 0 Å². The van der Waals surface area contributed by atoms with E-state index in [0.29, 0.717) is 23.8 Å². The van der Waals surface area contributed by atoms with E-state index in [9.17, 15) is 22.0 Å². The molecule has 1 amide bonds. The lowest BCUT2D eigenvalue weighted by atomic mass is 10.0. The first-order valence-corrected chi connectivity index (χ1v) is 15.6. The molecule has 0 radical (unpaired) electrons. The normalized spacial score (nSPS) is 19.0. The lowest BCUT2D eigenvalue weighted by molar-refractivity contribution is 0.0951. The summed E-state index contributed by atoms with van der Waals surface area (Å²) in [6.45, 7) is 2.00. The monoisotopic (exact) mass is 672 g/mol. The molecule has 3 aromatic rings. The van der Waals surface area contributed by atoms with E-state index in [2.05, 4.69) is 10.6 Å². The van der Waals surface area contributed by atoms with Gasteiger partial charge in [0.2, 0.25) is 9.84 Å².